The number of methoxy groups -OCH3 is 2. The zero-order valence-electron chi connectivity index (χ0n) is 39.7. The standard InChI is InChI=1S/C50H75NO14/c1-27-13-12-16-34-26-58-47-42(51-55)30(4)21-37(50(34,47)54)48(53)61-36-22-35(64-49(25-36)20-19-29(3)45(65-49)33-14-10-9-11-15-33)18-17-28(2)44(27)62-41-24-39(57-8)46(32(6)60-41)63-40-23-38(56-7)43(52)31(5)59-40/h12-13,16-17,21,27,29,31-33,35-41,43-47,52,54-55H,9-11,14-15,18-20,22-26H2,1-8H3/b13-12-,28-17-,34-16?,51-42+/t27-,29-,31-,32-,35+,36-,37-,38-,39-,40-,41-,43-,44-,45-,46-,47+,49+,50+/m0/s1. The third-order valence-corrected chi connectivity index (χ3v) is 15.8. The normalized spacial score (nSPS) is 47.6. The van der Waals surface area contributed by atoms with E-state index in [1.54, 1.807) is 40.2 Å². The number of carbonyl (C=O) groups is 1. The molecule has 1 saturated carbocycles. The Balaban J connectivity index is 1.09. The fourth-order valence-corrected chi connectivity index (χ4v) is 12.1. The molecule has 364 valence electrons. The lowest BCUT2D eigenvalue weighted by Crippen LogP contribution is -2.57. The van der Waals surface area contributed by atoms with E-state index in [0.717, 1.165) is 24.8 Å². The molecule has 5 saturated heterocycles. The Morgan fingerprint density at radius 1 is 0.877 bits per heavy atom. The second-order valence-electron chi connectivity index (χ2n) is 20.3. The zero-order chi connectivity index (χ0) is 46.2. The van der Waals surface area contributed by atoms with Crippen LogP contribution in [0.15, 0.2) is 52.3 Å². The summed E-state index contributed by atoms with van der Waals surface area (Å²) >= 11 is 0. The van der Waals surface area contributed by atoms with Gasteiger partial charge in [-0.1, -0.05) is 68.6 Å². The first-order valence-corrected chi connectivity index (χ1v) is 24.4. The van der Waals surface area contributed by atoms with Gasteiger partial charge in [-0.3, -0.25) is 4.79 Å². The molecular weight excluding hydrogens is 839 g/mol. The van der Waals surface area contributed by atoms with E-state index in [1.165, 1.54) is 19.3 Å². The first-order chi connectivity index (χ1) is 31.2. The van der Waals surface area contributed by atoms with Crippen LogP contribution in [0.2, 0.25) is 0 Å². The first kappa shape index (κ1) is 48.9. The van der Waals surface area contributed by atoms with Crippen LogP contribution in [-0.4, -0.2) is 139 Å². The fraction of sp³-hybridized carbons (Fsp3) is 0.800. The quantitative estimate of drug-likeness (QED) is 0.107. The van der Waals surface area contributed by atoms with Gasteiger partial charge in [0.1, 0.15) is 41.6 Å². The highest BCUT2D eigenvalue weighted by Crippen LogP contribution is 2.48. The van der Waals surface area contributed by atoms with Gasteiger partial charge >= 0.3 is 5.97 Å². The molecule has 6 fully saturated rings. The number of fused-ring (bicyclic) bond motifs is 2. The van der Waals surface area contributed by atoms with Crippen molar-refractivity contribution in [1.29, 1.82) is 0 Å². The number of esters is 1. The molecule has 2 bridgehead atoms. The molecular formula is C50H75NO14. The number of nitrogens with zero attached hydrogens (tertiary/aromatic N) is 1. The third-order valence-electron chi connectivity index (χ3n) is 15.8. The summed E-state index contributed by atoms with van der Waals surface area (Å²) in [5.41, 5.74) is 0.304. The molecule has 8 aliphatic rings. The molecule has 2 aliphatic carbocycles. The van der Waals surface area contributed by atoms with E-state index in [4.69, 9.17) is 47.4 Å². The predicted octanol–water partition coefficient (Wildman–Crippen LogP) is 6.60. The van der Waals surface area contributed by atoms with Crippen LogP contribution in [0.4, 0.5) is 0 Å². The van der Waals surface area contributed by atoms with Gasteiger partial charge in [-0.25, -0.2) is 0 Å². The van der Waals surface area contributed by atoms with Crippen molar-refractivity contribution in [3.8, 4) is 0 Å². The minimum atomic E-state index is -1.86. The van der Waals surface area contributed by atoms with Gasteiger partial charge in [0.2, 0.25) is 0 Å². The first-order valence-electron chi connectivity index (χ1n) is 24.4. The Hall–Kier alpha value is -2.54. The third kappa shape index (κ3) is 10.1. The van der Waals surface area contributed by atoms with Crippen LogP contribution in [0.1, 0.15) is 119 Å². The maximum Gasteiger partial charge on any atom is 0.316 e. The number of hydrogen-bond donors (Lipinski definition) is 3. The molecule has 6 aliphatic heterocycles. The maximum atomic E-state index is 14.5. The van der Waals surface area contributed by atoms with Crippen LogP contribution in [0, 0.1) is 23.7 Å². The molecule has 0 aromatic heterocycles. The van der Waals surface area contributed by atoms with Crippen molar-refractivity contribution in [2.45, 2.75) is 210 Å². The van der Waals surface area contributed by atoms with Gasteiger partial charge in [0.25, 0.3) is 0 Å². The van der Waals surface area contributed by atoms with Gasteiger partial charge in [0.15, 0.2) is 18.4 Å². The number of oxime groups is 1. The van der Waals surface area contributed by atoms with Gasteiger partial charge in [-0.2, -0.15) is 0 Å². The van der Waals surface area contributed by atoms with Gasteiger partial charge < -0.3 is 62.8 Å². The van der Waals surface area contributed by atoms with E-state index >= 15 is 0 Å². The minimum absolute atomic E-state index is 0.0205. The molecule has 0 aromatic rings. The number of aliphatic hydroxyl groups excluding tert-OH is 1. The maximum absolute atomic E-state index is 14.5. The predicted molar refractivity (Wildman–Crippen MR) is 238 cm³/mol. The van der Waals surface area contributed by atoms with E-state index in [2.05, 4.69) is 32.0 Å². The molecule has 0 amide bonds. The lowest BCUT2D eigenvalue weighted by Gasteiger charge is -2.51. The second kappa shape index (κ2) is 20.6. The van der Waals surface area contributed by atoms with Gasteiger partial charge in [-0.15, -0.1) is 0 Å². The summed E-state index contributed by atoms with van der Waals surface area (Å²) in [5.74, 6) is -1.95. The Bertz CT molecular complexity index is 1830. The second-order valence-corrected chi connectivity index (χ2v) is 20.3. The number of hydrogen-bond acceptors (Lipinski definition) is 15. The molecule has 0 radical (unpaired) electrons. The van der Waals surface area contributed by atoms with Crippen LogP contribution in [0.25, 0.3) is 0 Å². The molecule has 0 aromatic carbocycles. The van der Waals surface area contributed by atoms with Crippen molar-refractivity contribution in [2.24, 2.45) is 28.8 Å². The smallest absolute Gasteiger partial charge is 0.316 e. The Morgan fingerprint density at radius 2 is 1.60 bits per heavy atom. The zero-order valence-corrected chi connectivity index (χ0v) is 39.7. The number of allylic oxidation sites excluding steroid dienone is 2. The van der Waals surface area contributed by atoms with Crippen LogP contribution in [0.5, 0.6) is 0 Å². The molecule has 8 rings (SSSR count). The van der Waals surface area contributed by atoms with Crippen LogP contribution < -0.4 is 0 Å². The highest BCUT2D eigenvalue weighted by molar-refractivity contribution is 6.06. The van der Waals surface area contributed by atoms with Crippen LogP contribution >= 0.6 is 0 Å². The average Bonchev–Trinajstić information content (AvgIpc) is 3.62. The minimum Gasteiger partial charge on any atom is -0.462 e. The topological polar surface area (TPSA) is 182 Å². The SMILES string of the molecule is CO[C@H]1C[C@H](O[C@H]2[C@H](C)O[C@@H](O[C@@H]3/C(C)=C\C[C@@H]4C[C@@H](C[C@]5(CC[C@H](C)[C@@H](C6CCCCC6)O5)O4)OC(=O)[C@@H]4C=C(C)/C(=N\O)[C@H]5OCC(=C/C=C\[C@@H]3C)[C@]54O)C[C@@H]2OC)O[C@@H](C)[C@@H]1O. The summed E-state index contributed by atoms with van der Waals surface area (Å²) in [6.45, 7) is 11.9. The molecule has 1 spiro atoms. The molecule has 3 N–H and O–H groups in total. The van der Waals surface area contributed by atoms with E-state index in [-0.39, 0.29) is 36.5 Å². The lowest BCUT2D eigenvalue weighted by molar-refractivity contribution is -0.342. The van der Waals surface area contributed by atoms with E-state index < -0.39 is 84.7 Å². The van der Waals surface area contributed by atoms with Gasteiger partial charge in [0, 0.05) is 52.2 Å². The Morgan fingerprint density at radius 3 is 2.34 bits per heavy atom. The van der Waals surface area contributed by atoms with Gasteiger partial charge in [-0.05, 0) is 81.9 Å². The largest absolute Gasteiger partial charge is 0.462 e. The van der Waals surface area contributed by atoms with Crippen molar-refractivity contribution >= 4 is 11.7 Å². The van der Waals surface area contributed by atoms with E-state index in [0.29, 0.717) is 61.5 Å². The molecule has 6 heterocycles. The Kier molecular flexibility index (Phi) is 15.5. The lowest BCUT2D eigenvalue weighted by atomic mass is 9.71. The average molecular weight is 914 g/mol. The fourth-order valence-electron chi connectivity index (χ4n) is 12.1. The van der Waals surface area contributed by atoms with E-state index in [1.807, 2.05) is 19.1 Å². The van der Waals surface area contributed by atoms with Crippen molar-refractivity contribution in [1.82, 2.24) is 0 Å². The van der Waals surface area contributed by atoms with Crippen LogP contribution in [0.3, 0.4) is 0 Å². The Labute approximate surface area is 384 Å². The summed E-state index contributed by atoms with van der Waals surface area (Å²) < 4.78 is 64.5. The highest BCUT2D eigenvalue weighted by Gasteiger charge is 2.60. The van der Waals surface area contributed by atoms with Crippen molar-refractivity contribution in [3.63, 3.8) is 0 Å². The molecule has 0 unspecified atom stereocenters. The molecule has 18 atom stereocenters. The summed E-state index contributed by atoms with van der Waals surface area (Å²) in [4.78, 5) is 14.5. The number of carbonyl (C=O) groups excluding carboxylic acids is 1. The number of ether oxygens (including phenoxy) is 10. The number of rotatable bonds is 7. The highest BCUT2D eigenvalue weighted by atomic mass is 16.7. The van der Waals surface area contributed by atoms with Crippen molar-refractivity contribution in [3.05, 3.63) is 47.1 Å². The van der Waals surface area contributed by atoms with Crippen LogP contribution in [-0.2, 0) is 52.2 Å². The number of aliphatic hydroxyl groups is 2. The molecule has 15 nitrogen and oxygen atoms in total. The summed E-state index contributed by atoms with van der Waals surface area (Å²) in [7, 11) is 3.23. The summed E-state index contributed by atoms with van der Waals surface area (Å²) in [6, 6.07) is 0. The van der Waals surface area contributed by atoms with Gasteiger partial charge in [0.05, 0.1) is 49.3 Å². The van der Waals surface area contributed by atoms with E-state index in [9.17, 15) is 20.2 Å². The molecule has 15 heteroatoms. The van der Waals surface area contributed by atoms with Crippen molar-refractivity contribution in [2.75, 3.05) is 20.8 Å². The summed E-state index contributed by atoms with van der Waals surface area (Å²) in [6.07, 6.45) is 12.7. The molecule has 65 heavy (non-hydrogen) atoms. The monoisotopic (exact) mass is 914 g/mol. The summed E-state index contributed by atoms with van der Waals surface area (Å²) in [5, 5.41) is 36.8. The van der Waals surface area contributed by atoms with Crippen molar-refractivity contribution < 1.29 is 67.6 Å².